The van der Waals surface area contributed by atoms with E-state index in [0.29, 0.717) is 0 Å². The second-order valence-corrected chi connectivity index (χ2v) is 5.22. The number of hydrogen-bond donors (Lipinski definition) is 0. The summed E-state index contributed by atoms with van der Waals surface area (Å²) in [6.07, 6.45) is 0. The van der Waals surface area contributed by atoms with Gasteiger partial charge in [-0.2, -0.15) is 8.78 Å². The smallest absolute Gasteiger partial charge is 0.387 e. The van der Waals surface area contributed by atoms with E-state index in [2.05, 4.69) is 4.74 Å². The molecule has 0 aliphatic rings. The Hall–Kier alpha value is -0.590. The van der Waals surface area contributed by atoms with Gasteiger partial charge in [-0.25, -0.2) is 8.42 Å². The lowest BCUT2D eigenvalue weighted by atomic mass is 10.2. The molecule has 0 radical (unpaired) electrons. The first kappa shape index (κ1) is 15.4. The Kier molecular flexibility index (Phi) is 5.44. The van der Waals surface area contributed by atoms with Crippen LogP contribution in [0, 0.1) is 6.92 Å². The highest BCUT2D eigenvalue weighted by Crippen LogP contribution is 2.30. The van der Waals surface area contributed by atoms with Gasteiger partial charge >= 0.3 is 6.61 Å². The highest BCUT2D eigenvalue weighted by molar-refractivity contribution is 8.13. The molecule has 0 fully saturated rings. The van der Waals surface area contributed by atoms with Gasteiger partial charge < -0.3 is 4.74 Å². The van der Waals surface area contributed by atoms with E-state index in [4.69, 9.17) is 10.7 Å². The number of benzene rings is 1. The van der Waals surface area contributed by atoms with Crippen molar-refractivity contribution in [3.05, 3.63) is 23.8 Å². The molecule has 92 valence electrons. The molecule has 0 atom stereocenters. The number of halogens is 4. The molecule has 0 N–H and O–H groups in total. The third kappa shape index (κ3) is 3.77. The van der Waals surface area contributed by atoms with Crippen LogP contribution < -0.4 is 4.74 Å². The monoisotopic (exact) mass is 292 g/mol. The summed E-state index contributed by atoms with van der Waals surface area (Å²) in [5.74, 6) is -0.444. The van der Waals surface area contributed by atoms with Crippen molar-refractivity contribution >= 4 is 32.1 Å². The van der Waals surface area contributed by atoms with Crippen LogP contribution in [0.4, 0.5) is 8.78 Å². The van der Waals surface area contributed by atoms with Gasteiger partial charge in [-0.3, -0.25) is 0 Å². The zero-order chi connectivity index (χ0) is 11.6. The lowest BCUT2D eigenvalue weighted by molar-refractivity contribution is -0.0517. The molecule has 0 saturated heterocycles. The molecule has 0 bridgehead atoms. The number of rotatable bonds is 3. The van der Waals surface area contributed by atoms with Gasteiger partial charge in [0.1, 0.15) is 10.6 Å². The van der Waals surface area contributed by atoms with Gasteiger partial charge in [0.05, 0.1) is 0 Å². The summed E-state index contributed by atoms with van der Waals surface area (Å²) >= 11 is 0. The first-order chi connectivity index (χ1) is 6.82. The zero-order valence-corrected chi connectivity index (χ0v) is 10.4. The summed E-state index contributed by atoms with van der Waals surface area (Å²) in [4.78, 5) is -0.424. The summed E-state index contributed by atoms with van der Waals surface area (Å²) in [6.45, 7) is -1.66. The minimum atomic E-state index is -4.10. The number of aryl methyl sites for hydroxylation is 1. The van der Waals surface area contributed by atoms with Crippen LogP contribution in [-0.4, -0.2) is 15.0 Å². The second kappa shape index (κ2) is 5.65. The molecular weight excluding hydrogens is 285 g/mol. The fraction of sp³-hybridized carbons (Fsp3) is 0.250. The largest absolute Gasteiger partial charge is 0.433 e. The van der Waals surface area contributed by atoms with E-state index in [0.717, 1.165) is 6.07 Å². The Morgan fingerprint density at radius 3 is 2.38 bits per heavy atom. The summed E-state index contributed by atoms with van der Waals surface area (Å²) in [7, 11) is 1.00. The average Bonchev–Trinajstić information content (AvgIpc) is 1.99. The minimum absolute atomic E-state index is 0. The van der Waals surface area contributed by atoms with E-state index in [-0.39, 0.29) is 18.0 Å². The number of alkyl halides is 2. The third-order valence-corrected chi connectivity index (χ3v) is 3.11. The molecule has 1 aromatic rings. The normalized spacial score (nSPS) is 11.1. The van der Waals surface area contributed by atoms with Gasteiger partial charge in [0.2, 0.25) is 0 Å². The van der Waals surface area contributed by atoms with Crippen LogP contribution in [0.15, 0.2) is 23.1 Å². The molecule has 1 rings (SSSR count). The van der Waals surface area contributed by atoms with Crippen molar-refractivity contribution in [3.8, 4) is 5.75 Å². The van der Waals surface area contributed by atoms with E-state index >= 15 is 0 Å². The predicted octanol–water partition coefficient (Wildman–Crippen LogP) is 2.95. The highest BCUT2D eigenvalue weighted by Gasteiger charge is 2.21. The molecule has 1 aromatic carbocycles. The molecule has 0 unspecified atom stereocenters. The van der Waals surface area contributed by atoms with Crippen LogP contribution in [0.5, 0.6) is 5.75 Å². The predicted molar refractivity (Wildman–Crippen MR) is 58.1 cm³/mol. The van der Waals surface area contributed by atoms with Crippen molar-refractivity contribution in [2.75, 3.05) is 0 Å². The third-order valence-electron chi connectivity index (χ3n) is 1.64. The molecule has 3 nitrogen and oxygen atoms in total. The van der Waals surface area contributed by atoms with Crippen molar-refractivity contribution in [1.82, 2.24) is 0 Å². The van der Waals surface area contributed by atoms with Crippen molar-refractivity contribution < 1.29 is 21.9 Å². The molecule has 0 heterocycles. The van der Waals surface area contributed by atoms with Gasteiger partial charge in [0, 0.05) is 10.7 Å². The Morgan fingerprint density at radius 1 is 1.38 bits per heavy atom. The summed E-state index contributed by atoms with van der Waals surface area (Å²) in [5.41, 5.74) is 0.253. The highest BCUT2D eigenvalue weighted by atomic mass is 35.7. The van der Waals surface area contributed by atoms with Gasteiger partial charge in [-0.1, -0.05) is 12.1 Å². The van der Waals surface area contributed by atoms with Crippen LogP contribution in [0.1, 0.15) is 5.56 Å². The van der Waals surface area contributed by atoms with E-state index in [1.807, 2.05) is 0 Å². The van der Waals surface area contributed by atoms with E-state index < -0.39 is 26.3 Å². The van der Waals surface area contributed by atoms with Gasteiger partial charge in [-0.15, -0.1) is 12.4 Å². The van der Waals surface area contributed by atoms with Crippen molar-refractivity contribution in [2.45, 2.75) is 18.4 Å². The molecule has 0 amide bonds. The van der Waals surface area contributed by atoms with Gasteiger partial charge in [0.25, 0.3) is 9.05 Å². The number of ether oxygens (including phenoxy) is 1. The molecule has 0 aliphatic heterocycles. The van der Waals surface area contributed by atoms with Crippen LogP contribution in [-0.2, 0) is 9.05 Å². The van der Waals surface area contributed by atoms with Crippen molar-refractivity contribution in [1.29, 1.82) is 0 Å². The summed E-state index contributed by atoms with van der Waals surface area (Å²) in [5, 5.41) is 0. The fourth-order valence-corrected chi connectivity index (χ4v) is 2.53. The van der Waals surface area contributed by atoms with Crippen molar-refractivity contribution in [3.63, 3.8) is 0 Å². The maximum absolute atomic E-state index is 12.0. The Morgan fingerprint density at radius 2 is 1.94 bits per heavy atom. The molecule has 8 heteroatoms. The van der Waals surface area contributed by atoms with E-state index in [1.165, 1.54) is 19.1 Å². The first-order valence-corrected chi connectivity index (χ1v) is 6.12. The number of hydrogen-bond acceptors (Lipinski definition) is 3. The van der Waals surface area contributed by atoms with Gasteiger partial charge in [-0.05, 0) is 18.6 Å². The van der Waals surface area contributed by atoms with Crippen LogP contribution in [0.3, 0.4) is 0 Å². The Bertz CT molecular complexity index is 462. The molecule has 0 aliphatic carbocycles. The quantitative estimate of drug-likeness (QED) is 0.805. The Labute approximate surface area is 102 Å². The Balaban J connectivity index is 0.00000225. The maximum Gasteiger partial charge on any atom is 0.387 e. The second-order valence-electron chi connectivity index (χ2n) is 2.72. The lowest BCUT2D eigenvalue weighted by Crippen LogP contribution is -2.06. The summed E-state index contributed by atoms with van der Waals surface area (Å²) < 4.78 is 50.2. The molecule has 0 aromatic heterocycles. The average molecular weight is 293 g/mol. The maximum atomic E-state index is 12.0. The first-order valence-electron chi connectivity index (χ1n) is 3.81. The van der Waals surface area contributed by atoms with Gasteiger partial charge in [0.15, 0.2) is 0 Å². The van der Waals surface area contributed by atoms with E-state index in [9.17, 15) is 17.2 Å². The topological polar surface area (TPSA) is 43.4 Å². The molecule has 0 saturated carbocycles. The van der Waals surface area contributed by atoms with E-state index in [1.54, 1.807) is 0 Å². The van der Waals surface area contributed by atoms with Crippen LogP contribution in [0.2, 0.25) is 0 Å². The summed E-state index contributed by atoms with van der Waals surface area (Å²) in [6, 6.07) is 3.96. The van der Waals surface area contributed by atoms with Crippen molar-refractivity contribution in [2.24, 2.45) is 0 Å². The standard InChI is InChI=1S/C8H7ClF2O3S.ClH/c1-5-3-2-4-6(14-8(10)11)7(5)15(9,12)13;/h2-4,8H,1H3;1H. The fourth-order valence-electron chi connectivity index (χ4n) is 1.13. The van der Waals surface area contributed by atoms with Crippen LogP contribution in [0.25, 0.3) is 0 Å². The molecule has 0 spiro atoms. The minimum Gasteiger partial charge on any atom is -0.433 e. The lowest BCUT2D eigenvalue weighted by Gasteiger charge is -2.10. The zero-order valence-electron chi connectivity index (χ0n) is 7.98. The molecular formula is C8H8Cl2F2O3S. The molecule has 16 heavy (non-hydrogen) atoms. The SMILES string of the molecule is Cc1cccc(OC(F)F)c1S(=O)(=O)Cl.Cl. The van der Waals surface area contributed by atoms with Crippen LogP contribution >= 0.6 is 23.1 Å².